The predicted octanol–water partition coefficient (Wildman–Crippen LogP) is 0.569. The van der Waals surface area contributed by atoms with Gasteiger partial charge in [-0.05, 0) is 19.3 Å². The van der Waals surface area contributed by atoms with Crippen molar-refractivity contribution in [3.05, 3.63) is 0 Å². The van der Waals surface area contributed by atoms with Gasteiger partial charge in [0.05, 0.1) is 5.75 Å². The van der Waals surface area contributed by atoms with E-state index in [1.54, 1.807) is 0 Å². The third kappa shape index (κ3) is 4.17. The van der Waals surface area contributed by atoms with Gasteiger partial charge < -0.3 is 5.11 Å². The second kappa shape index (κ2) is 4.94. The minimum atomic E-state index is -3.43. The molecule has 1 aliphatic rings. The minimum absolute atomic E-state index is 0.0370. The summed E-state index contributed by atoms with van der Waals surface area (Å²) in [5.41, 5.74) is 0. The molecule has 0 heterocycles. The van der Waals surface area contributed by atoms with Gasteiger partial charge in [-0.15, -0.1) is 0 Å². The van der Waals surface area contributed by atoms with Crippen molar-refractivity contribution in [2.24, 2.45) is 5.92 Å². The van der Waals surface area contributed by atoms with Gasteiger partial charge >= 0.3 is 5.97 Å². The summed E-state index contributed by atoms with van der Waals surface area (Å²) in [6.45, 7) is 1.32. The van der Waals surface area contributed by atoms with Crippen molar-refractivity contribution >= 4 is 16.0 Å². The first kappa shape index (κ1) is 12.4. The average Bonchev–Trinajstić information content (AvgIpc) is 1.99. The summed E-state index contributed by atoms with van der Waals surface area (Å²) >= 11 is 0. The zero-order valence-corrected chi connectivity index (χ0v) is 9.59. The fraction of sp³-hybridized carbons (Fsp3) is 0.889. The Bertz CT molecular complexity index is 321. The molecule has 2 N–H and O–H groups in total. The zero-order chi connectivity index (χ0) is 11.5. The van der Waals surface area contributed by atoms with Crippen LogP contribution in [-0.2, 0) is 14.8 Å². The smallest absolute Gasteiger partial charge is 0.321 e. The Labute approximate surface area is 89.9 Å². The van der Waals surface area contributed by atoms with E-state index in [1.165, 1.54) is 13.3 Å². The molecular formula is C9H17NO4S. The van der Waals surface area contributed by atoms with Crippen LogP contribution in [0.15, 0.2) is 0 Å². The molecule has 0 saturated heterocycles. The Morgan fingerprint density at radius 1 is 1.53 bits per heavy atom. The molecule has 0 aromatic heterocycles. The predicted molar refractivity (Wildman–Crippen MR) is 56.0 cm³/mol. The van der Waals surface area contributed by atoms with Gasteiger partial charge in [0.2, 0.25) is 10.0 Å². The molecule has 1 aliphatic carbocycles. The Morgan fingerprint density at radius 3 is 2.53 bits per heavy atom. The summed E-state index contributed by atoms with van der Waals surface area (Å²) in [5, 5.41) is 8.55. The molecule has 1 saturated carbocycles. The van der Waals surface area contributed by atoms with E-state index in [0.29, 0.717) is 12.3 Å². The monoisotopic (exact) mass is 235 g/mol. The SMILES string of the molecule is C[C@H](NS(=O)(=O)CCC1CCC1)C(=O)O. The summed E-state index contributed by atoms with van der Waals surface area (Å²) in [7, 11) is -3.43. The van der Waals surface area contributed by atoms with Crippen LogP contribution in [0.3, 0.4) is 0 Å². The van der Waals surface area contributed by atoms with E-state index in [9.17, 15) is 13.2 Å². The van der Waals surface area contributed by atoms with E-state index in [0.717, 1.165) is 12.8 Å². The highest BCUT2D eigenvalue weighted by Gasteiger charge is 2.23. The average molecular weight is 235 g/mol. The van der Waals surface area contributed by atoms with Crippen molar-refractivity contribution in [3.8, 4) is 0 Å². The lowest BCUT2D eigenvalue weighted by atomic mass is 9.84. The summed E-state index contributed by atoms with van der Waals surface area (Å²) < 4.78 is 25.0. The quantitative estimate of drug-likeness (QED) is 0.705. The molecule has 1 fully saturated rings. The minimum Gasteiger partial charge on any atom is -0.480 e. The van der Waals surface area contributed by atoms with Crippen LogP contribution in [0, 0.1) is 5.92 Å². The Kier molecular flexibility index (Phi) is 4.10. The third-order valence-corrected chi connectivity index (χ3v) is 4.23. The Balaban J connectivity index is 2.33. The molecule has 5 nitrogen and oxygen atoms in total. The molecule has 0 unspecified atom stereocenters. The van der Waals surface area contributed by atoms with E-state index in [2.05, 4.69) is 4.72 Å². The highest BCUT2D eigenvalue weighted by atomic mass is 32.2. The van der Waals surface area contributed by atoms with E-state index in [4.69, 9.17) is 5.11 Å². The van der Waals surface area contributed by atoms with Gasteiger partial charge in [0.25, 0.3) is 0 Å². The summed E-state index contributed by atoms with van der Waals surface area (Å²) in [5.74, 6) is -0.598. The fourth-order valence-electron chi connectivity index (χ4n) is 1.48. The van der Waals surface area contributed by atoms with Crippen LogP contribution < -0.4 is 4.72 Å². The van der Waals surface area contributed by atoms with Crippen molar-refractivity contribution in [2.45, 2.75) is 38.6 Å². The first-order chi connectivity index (χ1) is 6.91. The number of carboxylic acid groups (broad SMARTS) is 1. The van der Waals surface area contributed by atoms with Gasteiger partial charge in [-0.2, -0.15) is 0 Å². The topological polar surface area (TPSA) is 83.5 Å². The molecule has 0 aliphatic heterocycles. The van der Waals surface area contributed by atoms with Crippen molar-refractivity contribution in [1.29, 1.82) is 0 Å². The van der Waals surface area contributed by atoms with Crippen LogP contribution in [0.2, 0.25) is 0 Å². The van der Waals surface area contributed by atoms with Crippen molar-refractivity contribution in [2.75, 3.05) is 5.75 Å². The number of sulfonamides is 1. The lowest BCUT2D eigenvalue weighted by Gasteiger charge is -2.25. The Morgan fingerprint density at radius 2 is 2.13 bits per heavy atom. The van der Waals surface area contributed by atoms with E-state index in [-0.39, 0.29) is 5.75 Å². The maximum absolute atomic E-state index is 11.4. The molecule has 0 bridgehead atoms. The van der Waals surface area contributed by atoms with Gasteiger partial charge in [0.15, 0.2) is 0 Å². The van der Waals surface area contributed by atoms with Crippen LogP contribution in [0.25, 0.3) is 0 Å². The molecule has 6 heteroatoms. The highest BCUT2D eigenvalue weighted by Crippen LogP contribution is 2.29. The lowest BCUT2D eigenvalue weighted by Crippen LogP contribution is -2.40. The van der Waals surface area contributed by atoms with Crippen LogP contribution in [0.1, 0.15) is 32.6 Å². The van der Waals surface area contributed by atoms with Crippen LogP contribution >= 0.6 is 0 Å². The standard InChI is InChI=1S/C9H17NO4S/c1-7(9(11)12)10-15(13,14)6-5-8-3-2-4-8/h7-8,10H,2-6H2,1H3,(H,11,12)/t7-/m0/s1. The number of hydrogen-bond acceptors (Lipinski definition) is 3. The van der Waals surface area contributed by atoms with Crippen LogP contribution in [0.5, 0.6) is 0 Å². The molecule has 0 amide bonds. The van der Waals surface area contributed by atoms with Gasteiger partial charge in [-0.3, -0.25) is 4.79 Å². The molecule has 15 heavy (non-hydrogen) atoms. The zero-order valence-electron chi connectivity index (χ0n) is 8.77. The lowest BCUT2D eigenvalue weighted by molar-refractivity contribution is -0.138. The fourth-order valence-corrected chi connectivity index (χ4v) is 2.88. The third-order valence-electron chi connectivity index (χ3n) is 2.75. The maximum Gasteiger partial charge on any atom is 0.321 e. The second-order valence-electron chi connectivity index (χ2n) is 4.08. The van der Waals surface area contributed by atoms with Crippen molar-refractivity contribution < 1.29 is 18.3 Å². The van der Waals surface area contributed by atoms with Gasteiger partial charge in [0.1, 0.15) is 6.04 Å². The molecular weight excluding hydrogens is 218 g/mol. The molecule has 1 atom stereocenters. The summed E-state index contributed by atoms with van der Waals surface area (Å²) in [6.07, 6.45) is 4.03. The van der Waals surface area contributed by atoms with Crippen molar-refractivity contribution in [1.82, 2.24) is 4.72 Å². The van der Waals surface area contributed by atoms with Crippen LogP contribution in [0.4, 0.5) is 0 Å². The van der Waals surface area contributed by atoms with E-state index in [1.807, 2.05) is 0 Å². The van der Waals surface area contributed by atoms with Crippen LogP contribution in [-0.4, -0.2) is 31.3 Å². The number of aliphatic carboxylic acids is 1. The first-order valence-electron chi connectivity index (χ1n) is 5.13. The molecule has 88 valence electrons. The largest absolute Gasteiger partial charge is 0.480 e. The Hall–Kier alpha value is -0.620. The number of carbonyl (C=O) groups is 1. The highest BCUT2D eigenvalue weighted by molar-refractivity contribution is 7.89. The maximum atomic E-state index is 11.4. The molecule has 0 radical (unpaired) electrons. The number of rotatable bonds is 6. The van der Waals surface area contributed by atoms with Gasteiger partial charge in [-0.1, -0.05) is 19.3 Å². The summed E-state index contributed by atoms with van der Waals surface area (Å²) in [4.78, 5) is 10.5. The molecule has 0 aromatic rings. The van der Waals surface area contributed by atoms with E-state index >= 15 is 0 Å². The number of nitrogens with one attached hydrogen (secondary N) is 1. The van der Waals surface area contributed by atoms with Crippen molar-refractivity contribution in [3.63, 3.8) is 0 Å². The molecule has 0 spiro atoms. The number of hydrogen-bond donors (Lipinski definition) is 2. The molecule has 1 rings (SSSR count). The number of carboxylic acids is 1. The van der Waals surface area contributed by atoms with Gasteiger partial charge in [0, 0.05) is 0 Å². The van der Waals surface area contributed by atoms with E-state index < -0.39 is 22.0 Å². The molecule has 0 aromatic carbocycles. The first-order valence-corrected chi connectivity index (χ1v) is 6.79. The summed E-state index contributed by atoms with van der Waals surface area (Å²) in [6, 6.07) is -1.05. The van der Waals surface area contributed by atoms with Gasteiger partial charge in [-0.25, -0.2) is 13.1 Å². The second-order valence-corrected chi connectivity index (χ2v) is 5.96. The normalized spacial score (nSPS) is 19.5.